The molecule has 0 bridgehead atoms. The minimum absolute atomic E-state index is 0.0246. The maximum Gasteiger partial charge on any atom is 0.387 e. The van der Waals surface area contributed by atoms with Gasteiger partial charge in [0.15, 0.2) is 11.5 Å². The number of piperazine rings is 1. The van der Waals surface area contributed by atoms with E-state index < -0.39 is 11.5 Å². The van der Waals surface area contributed by atoms with Crippen molar-refractivity contribution in [3.63, 3.8) is 0 Å². The first-order valence-corrected chi connectivity index (χ1v) is 9.29. The molecule has 30 heavy (non-hydrogen) atoms. The molecule has 0 radical (unpaired) electrons. The topological polar surface area (TPSA) is 85.2 Å². The number of carbonyl (C=O) groups is 1. The number of methoxy groups -OCH3 is 1. The van der Waals surface area contributed by atoms with E-state index in [1.807, 2.05) is 4.90 Å². The van der Waals surface area contributed by atoms with Gasteiger partial charge in [-0.3, -0.25) is 14.9 Å². The largest absolute Gasteiger partial charge is 0.493 e. The van der Waals surface area contributed by atoms with Gasteiger partial charge in [0, 0.05) is 42.8 Å². The highest BCUT2D eigenvalue weighted by Gasteiger charge is 2.27. The molecule has 1 amide bonds. The van der Waals surface area contributed by atoms with Crippen molar-refractivity contribution < 1.29 is 28.0 Å². The highest BCUT2D eigenvalue weighted by molar-refractivity contribution is 6.30. The normalized spacial score (nSPS) is 14.0. The van der Waals surface area contributed by atoms with Crippen LogP contribution in [0.1, 0.15) is 10.4 Å². The predicted octanol–water partition coefficient (Wildman–Crippen LogP) is 3.82. The second kappa shape index (κ2) is 9.12. The number of amides is 1. The zero-order chi connectivity index (χ0) is 21.8. The van der Waals surface area contributed by atoms with Gasteiger partial charge in [-0.1, -0.05) is 11.6 Å². The Morgan fingerprint density at radius 2 is 1.83 bits per heavy atom. The van der Waals surface area contributed by atoms with Crippen molar-refractivity contribution in [2.45, 2.75) is 6.61 Å². The van der Waals surface area contributed by atoms with E-state index in [-0.39, 0.29) is 33.7 Å². The fourth-order valence-corrected chi connectivity index (χ4v) is 3.40. The molecule has 160 valence electrons. The van der Waals surface area contributed by atoms with Gasteiger partial charge in [-0.15, -0.1) is 0 Å². The van der Waals surface area contributed by atoms with Crippen molar-refractivity contribution in [2.24, 2.45) is 0 Å². The first-order chi connectivity index (χ1) is 14.3. The summed E-state index contributed by atoms with van der Waals surface area (Å²) >= 11 is 5.86. The summed E-state index contributed by atoms with van der Waals surface area (Å²) in [7, 11) is 1.29. The van der Waals surface area contributed by atoms with Crippen LogP contribution < -0.4 is 14.4 Å². The van der Waals surface area contributed by atoms with E-state index in [0.717, 1.165) is 0 Å². The highest BCUT2D eigenvalue weighted by atomic mass is 35.5. The average molecular weight is 442 g/mol. The quantitative estimate of drug-likeness (QED) is 0.500. The lowest BCUT2D eigenvalue weighted by Gasteiger charge is -2.36. The molecule has 8 nitrogen and oxygen atoms in total. The van der Waals surface area contributed by atoms with Crippen LogP contribution in [0.2, 0.25) is 5.02 Å². The lowest BCUT2D eigenvalue weighted by atomic mass is 10.1. The Bertz CT molecular complexity index is 952. The number of hydrogen-bond acceptors (Lipinski definition) is 6. The lowest BCUT2D eigenvalue weighted by molar-refractivity contribution is -0.384. The molecule has 1 heterocycles. The molecule has 0 aliphatic carbocycles. The Kier molecular flexibility index (Phi) is 6.56. The molecule has 1 fully saturated rings. The van der Waals surface area contributed by atoms with Crippen molar-refractivity contribution >= 4 is 28.9 Å². The van der Waals surface area contributed by atoms with Gasteiger partial charge < -0.3 is 19.3 Å². The number of ether oxygens (including phenoxy) is 2. The average Bonchev–Trinajstić information content (AvgIpc) is 2.73. The molecule has 2 aromatic carbocycles. The maximum atomic E-state index is 12.8. The van der Waals surface area contributed by atoms with E-state index in [1.165, 1.54) is 31.4 Å². The number of nitro groups is 1. The van der Waals surface area contributed by atoms with Crippen molar-refractivity contribution in [2.75, 3.05) is 38.2 Å². The summed E-state index contributed by atoms with van der Waals surface area (Å²) in [4.78, 5) is 27.0. The zero-order valence-corrected chi connectivity index (χ0v) is 16.6. The van der Waals surface area contributed by atoms with E-state index in [1.54, 1.807) is 17.0 Å². The summed E-state index contributed by atoms with van der Waals surface area (Å²) in [5, 5.41) is 11.6. The van der Waals surface area contributed by atoms with Crippen LogP contribution in [0.3, 0.4) is 0 Å². The molecular formula is C19H18ClF2N3O5. The Morgan fingerprint density at radius 1 is 1.13 bits per heavy atom. The monoisotopic (exact) mass is 441 g/mol. The Morgan fingerprint density at radius 3 is 2.43 bits per heavy atom. The van der Waals surface area contributed by atoms with Crippen LogP contribution in [0, 0.1) is 10.1 Å². The number of anilines is 1. The van der Waals surface area contributed by atoms with Gasteiger partial charge in [-0.2, -0.15) is 8.78 Å². The number of rotatable bonds is 6. The lowest BCUT2D eigenvalue weighted by Crippen LogP contribution is -2.49. The SMILES string of the molecule is COc1cc(C(=O)N2CCN(c3ccc(Cl)cc3[N+](=O)[O-])CC2)ccc1OC(F)F. The minimum atomic E-state index is -3.01. The molecule has 0 aromatic heterocycles. The summed E-state index contributed by atoms with van der Waals surface area (Å²) in [6.45, 7) is -1.58. The van der Waals surface area contributed by atoms with Crippen molar-refractivity contribution in [3.8, 4) is 11.5 Å². The van der Waals surface area contributed by atoms with E-state index in [4.69, 9.17) is 16.3 Å². The Hall–Kier alpha value is -3.14. The van der Waals surface area contributed by atoms with Crippen LogP contribution in [-0.4, -0.2) is 55.6 Å². The molecule has 0 saturated carbocycles. The van der Waals surface area contributed by atoms with E-state index >= 15 is 0 Å². The zero-order valence-electron chi connectivity index (χ0n) is 15.9. The van der Waals surface area contributed by atoms with Crippen molar-refractivity contribution in [3.05, 3.63) is 57.1 Å². The number of hydrogen-bond donors (Lipinski definition) is 0. The third-order valence-corrected chi connectivity index (χ3v) is 4.90. The molecular weight excluding hydrogens is 424 g/mol. The molecule has 3 rings (SSSR count). The van der Waals surface area contributed by atoms with E-state index in [9.17, 15) is 23.7 Å². The molecule has 0 N–H and O–H groups in total. The summed E-state index contributed by atoms with van der Waals surface area (Å²) < 4.78 is 34.3. The third-order valence-electron chi connectivity index (χ3n) is 4.67. The van der Waals surface area contributed by atoms with Gasteiger partial charge in [-0.25, -0.2) is 0 Å². The van der Waals surface area contributed by atoms with Crippen LogP contribution in [-0.2, 0) is 0 Å². The smallest absolute Gasteiger partial charge is 0.387 e. The molecule has 11 heteroatoms. The number of alkyl halides is 2. The fourth-order valence-electron chi connectivity index (χ4n) is 3.24. The Balaban J connectivity index is 1.71. The minimum Gasteiger partial charge on any atom is -0.493 e. The molecule has 1 aliphatic rings. The number of benzene rings is 2. The van der Waals surface area contributed by atoms with Gasteiger partial charge in [0.1, 0.15) is 5.69 Å². The summed E-state index contributed by atoms with van der Waals surface area (Å²) in [5.41, 5.74) is 0.604. The molecule has 1 aliphatic heterocycles. The van der Waals surface area contributed by atoms with Crippen LogP contribution >= 0.6 is 11.6 Å². The van der Waals surface area contributed by atoms with E-state index in [0.29, 0.717) is 31.9 Å². The van der Waals surface area contributed by atoms with Crippen LogP contribution in [0.15, 0.2) is 36.4 Å². The van der Waals surface area contributed by atoms with Crippen LogP contribution in [0.25, 0.3) is 0 Å². The summed E-state index contributed by atoms with van der Waals surface area (Å²) in [6, 6.07) is 8.45. The van der Waals surface area contributed by atoms with Gasteiger partial charge in [0.25, 0.3) is 11.6 Å². The molecule has 1 saturated heterocycles. The predicted molar refractivity (Wildman–Crippen MR) is 106 cm³/mol. The van der Waals surface area contributed by atoms with Crippen LogP contribution in [0.4, 0.5) is 20.2 Å². The third kappa shape index (κ3) is 4.70. The standard InChI is InChI=1S/C19H18ClF2N3O5/c1-29-17-10-12(2-5-16(17)30-19(21)22)18(26)24-8-6-23(7-9-24)14-4-3-13(20)11-15(14)25(27)28/h2-5,10-11,19H,6-9H2,1H3. The van der Waals surface area contributed by atoms with Gasteiger partial charge in [-0.05, 0) is 30.3 Å². The second-order valence-corrected chi connectivity index (χ2v) is 6.85. The fraction of sp³-hybridized carbons (Fsp3) is 0.316. The van der Waals surface area contributed by atoms with Crippen molar-refractivity contribution in [1.29, 1.82) is 0 Å². The number of halogens is 3. The number of carbonyl (C=O) groups excluding carboxylic acids is 1. The first kappa shape index (κ1) is 21.6. The molecule has 0 spiro atoms. The maximum absolute atomic E-state index is 12.8. The first-order valence-electron chi connectivity index (χ1n) is 8.91. The van der Waals surface area contributed by atoms with Crippen molar-refractivity contribution in [1.82, 2.24) is 4.90 Å². The number of nitro benzene ring substituents is 1. The Labute approximate surface area is 175 Å². The van der Waals surface area contributed by atoms with Gasteiger partial charge in [0.2, 0.25) is 0 Å². The summed E-state index contributed by atoms with van der Waals surface area (Å²) in [5.74, 6) is -0.442. The second-order valence-electron chi connectivity index (χ2n) is 6.41. The van der Waals surface area contributed by atoms with Crippen LogP contribution in [0.5, 0.6) is 11.5 Å². The van der Waals surface area contributed by atoms with Gasteiger partial charge in [0.05, 0.1) is 12.0 Å². The highest BCUT2D eigenvalue weighted by Crippen LogP contribution is 2.32. The molecule has 0 unspecified atom stereocenters. The van der Waals surface area contributed by atoms with Gasteiger partial charge >= 0.3 is 6.61 Å². The van der Waals surface area contributed by atoms with E-state index in [2.05, 4.69) is 4.74 Å². The summed E-state index contributed by atoms with van der Waals surface area (Å²) in [6.07, 6.45) is 0. The molecule has 2 aromatic rings. The number of nitrogens with zero attached hydrogens (tertiary/aromatic N) is 3. The molecule has 0 atom stereocenters.